The lowest BCUT2D eigenvalue weighted by atomic mass is 10.1. The van der Waals surface area contributed by atoms with Gasteiger partial charge in [-0.25, -0.2) is 9.59 Å². The predicted octanol–water partition coefficient (Wildman–Crippen LogP) is 2.95. The highest BCUT2D eigenvalue weighted by molar-refractivity contribution is 5.84. The Morgan fingerprint density at radius 3 is 2.36 bits per heavy atom. The Balaban J connectivity index is 1.89. The summed E-state index contributed by atoms with van der Waals surface area (Å²) in [6, 6.07) is 15.5. The monoisotopic (exact) mass is 382 g/mol. The minimum atomic E-state index is -0.830. The van der Waals surface area contributed by atoms with Crippen molar-refractivity contribution in [1.82, 2.24) is 0 Å². The van der Waals surface area contributed by atoms with Crippen LogP contribution >= 0.6 is 0 Å². The molecule has 1 heterocycles. The van der Waals surface area contributed by atoms with Crippen molar-refractivity contribution < 1.29 is 28.2 Å². The van der Waals surface area contributed by atoms with Crippen molar-refractivity contribution in [2.45, 2.75) is 6.92 Å². The van der Waals surface area contributed by atoms with E-state index in [2.05, 4.69) is 0 Å². The van der Waals surface area contributed by atoms with Crippen LogP contribution in [0.3, 0.4) is 0 Å². The molecule has 0 spiro atoms. The zero-order valence-electron chi connectivity index (χ0n) is 15.2. The van der Waals surface area contributed by atoms with Gasteiger partial charge in [-0.3, -0.25) is 4.79 Å². The Morgan fingerprint density at radius 1 is 0.929 bits per heavy atom. The average Bonchev–Trinajstić information content (AvgIpc) is 2.71. The van der Waals surface area contributed by atoms with Gasteiger partial charge in [0.2, 0.25) is 11.2 Å². The first-order valence-electron chi connectivity index (χ1n) is 8.65. The molecule has 0 amide bonds. The normalized spacial score (nSPS) is 10.6. The van der Waals surface area contributed by atoms with Crippen LogP contribution in [-0.4, -0.2) is 31.8 Å². The fraction of sp³-hybridized carbons (Fsp3) is 0.190. The van der Waals surface area contributed by atoms with Gasteiger partial charge in [0, 0.05) is 5.56 Å². The van der Waals surface area contributed by atoms with E-state index in [-0.39, 0.29) is 30.1 Å². The van der Waals surface area contributed by atoms with Crippen LogP contribution in [0.2, 0.25) is 0 Å². The van der Waals surface area contributed by atoms with Crippen LogP contribution in [-0.2, 0) is 19.1 Å². The summed E-state index contributed by atoms with van der Waals surface area (Å²) in [4.78, 5) is 36.3. The van der Waals surface area contributed by atoms with E-state index in [0.717, 1.165) is 0 Å². The van der Waals surface area contributed by atoms with Gasteiger partial charge in [0.15, 0.2) is 5.76 Å². The zero-order valence-corrected chi connectivity index (χ0v) is 15.2. The van der Waals surface area contributed by atoms with E-state index >= 15 is 0 Å². The lowest BCUT2D eigenvalue weighted by Crippen LogP contribution is -2.22. The van der Waals surface area contributed by atoms with Crippen LogP contribution in [0.1, 0.15) is 6.92 Å². The van der Waals surface area contributed by atoms with Crippen molar-refractivity contribution in [3.63, 3.8) is 0 Å². The standard InChI is InChI=1S/C21H18O7/c1-2-26-17(22)12-25-13-18(23)28-21-19(24)15-10-6-7-11-16(15)27-20(21)14-8-4-3-5-9-14/h3-11H,2,12-13H2,1H3. The number of hydrogen-bond acceptors (Lipinski definition) is 7. The minimum absolute atomic E-state index is 0.142. The van der Waals surface area contributed by atoms with Crippen LogP contribution in [0, 0.1) is 0 Å². The number of esters is 2. The summed E-state index contributed by atoms with van der Waals surface area (Å²) in [5, 5.41) is 0.289. The quantitative estimate of drug-likeness (QED) is 0.580. The van der Waals surface area contributed by atoms with Crippen LogP contribution in [0.4, 0.5) is 0 Å². The Kier molecular flexibility index (Phi) is 6.18. The van der Waals surface area contributed by atoms with Crippen molar-refractivity contribution in [2.24, 2.45) is 0 Å². The summed E-state index contributed by atoms with van der Waals surface area (Å²) in [5.41, 5.74) is 0.491. The summed E-state index contributed by atoms with van der Waals surface area (Å²) < 4.78 is 20.8. The Labute approximate surface area is 160 Å². The number of carbonyl (C=O) groups is 2. The molecule has 0 atom stereocenters. The fourth-order valence-corrected chi connectivity index (χ4v) is 2.56. The molecule has 28 heavy (non-hydrogen) atoms. The van der Waals surface area contributed by atoms with Crippen LogP contribution < -0.4 is 10.2 Å². The van der Waals surface area contributed by atoms with Gasteiger partial charge in [-0.1, -0.05) is 42.5 Å². The molecule has 0 radical (unpaired) electrons. The molecule has 144 valence electrons. The van der Waals surface area contributed by atoms with E-state index < -0.39 is 24.0 Å². The number of ether oxygens (including phenoxy) is 3. The van der Waals surface area contributed by atoms with Gasteiger partial charge in [0.1, 0.15) is 18.8 Å². The average molecular weight is 382 g/mol. The topological polar surface area (TPSA) is 92.0 Å². The first kappa shape index (κ1) is 19.3. The highest BCUT2D eigenvalue weighted by atomic mass is 16.6. The highest BCUT2D eigenvalue weighted by Gasteiger charge is 2.20. The minimum Gasteiger partial charge on any atom is -0.464 e. The van der Waals surface area contributed by atoms with Gasteiger partial charge in [0.05, 0.1) is 12.0 Å². The maximum atomic E-state index is 12.9. The number of carbonyl (C=O) groups excluding carboxylic acids is 2. The zero-order chi connectivity index (χ0) is 19.9. The van der Waals surface area contributed by atoms with Crippen molar-refractivity contribution in [2.75, 3.05) is 19.8 Å². The lowest BCUT2D eigenvalue weighted by Gasteiger charge is -2.10. The molecule has 0 aliphatic carbocycles. The second-order valence-corrected chi connectivity index (χ2v) is 5.72. The number of para-hydroxylation sites is 1. The molecule has 3 aromatic rings. The van der Waals surface area contributed by atoms with Crippen LogP contribution in [0.5, 0.6) is 5.75 Å². The first-order chi connectivity index (χ1) is 13.6. The molecule has 3 rings (SSSR count). The van der Waals surface area contributed by atoms with Gasteiger partial charge < -0.3 is 18.6 Å². The van der Waals surface area contributed by atoms with Gasteiger partial charge >= 0.3 is 11.9 Å². The predicted molar refractivity (Wildman–Crippen MR) is 101 cm³/mol. The number of benzene rings is 2. The molecule has 0 N–H and O–H groups in total. The molecule has 0 saturated carbocycles. The van der Waals surface area contributed by atoms with Crippen molar-refractivity contribution >= 4 is 22.9 Å². The van der Waals surface area contributed by atoms with E-state index in [1.165, 1.54) is 0 Å². The summed E-state index contributed by atoms with van der Waals surface area (Å²) in [5.74, 6) is -1.51. The molecule has 0 aliphatic rings. The lowest BCUT2D eigenvalue weighted by molar-refractivity contribution is -0.151. The molecule has 1 aromatic heterocycles. The highest BCUT2D eigenvalue weighted by Crippen LogP contribution is 2.30. The van der Waals surface area contributed by atoms with Gasteiger partial charge in [0.25, 0.3) is 0 Å². The number of rotatable bonds is 7. The van der Waals surface area contributed by atoms with E-state index in [4.69, 9.17) is 18.6 Å². The summed E-state index contributed by atoms with van der Waals surface area (Å²) in [6.45, 7) is 0.974. The van der Waals surface area contributed by atoms with Gasteiger partial charge in [-0.15, -0.1) is 0 Å². The molecule has 0 fully saturated rings. The van der Waals surface area contributed by atoms with Crippen LogP contribution in [0.15, 0.2) is 63.8 Å². The molecule has 2 aromatic carbocycles. The number of hydrogen-bond donors (Lipinski definition) is 0. The maximum Gasteiger partial charge on any atom is 0.337 e. The number of fused-ring (bicyclic) bond motifs is 1. The fourth-order valence-electron chi connectivity index (χ4n) is 2.56. The smallest absolute Gasteiger partial charge is 0.337 e. The molecule has 7 nitrogen and oxygen atoms in total. The van der Waals surface area contributed by atoms with Crippen molar-refractivity contribution in [3.8, 4) is 17.1 Å². The first-order valence-corrected chi connectivity index (χ1v) is 8.65. The van der Waals surface area contributed by atoms with Gasteiger partial charge in [-0.05, 0) is 19.1 Å². The Hall–Kier alpha value is -3.45. The van der Waals surface area contributed by atoms with Crippen molar-refractivity contribution in [3.05, 3.63) is 64.8 Å². The maximum absolute atomic E-state index is 12.9. The molecule has 0 saturated heterocycles. The molecule has 7 heteroatoms. The third-order valence-corrected chi connectivity index (χ3v) is 3.75. The largest absolute Gasteiger partial charge is 0.464 e. The molecule has 0 aliphatic heterocycles. The van der Waals surface area contributed by atoms with E-state index in [1.54, 1.807) is 55.5 Å². The third kappa shape index (κ3) is 4.44. The second kappa shape index (κ2) is 8.96. The Morgan fingerprint density at radius 2 is 1.61 bits per heavy atom. The van der Waals surface area contributed by atoms with Gasteiger partial charge in [-0.2, -0.15) is 0 Å². The molecular formula is C21H18O7. The summed E-state index contributed by atoms with van der Waals surface area (Å²) in [6.07, 6.45) is 0. The van der Waals surface area contributed by atoms with Crippen LogP contribution in [0.25, 0.3) is 22.3 Å². The van der Waals surface area contributed by atoms with E-state index in [9.17, 15) is 14.4 Å². The summed E-state index contributed by atoms with van der Waals surface area (Å²) in [7, 11) is 0. The molecular weight excluding hydrogens is 364 g/mol. The Bertz CT molecular complexity index is 1040. The molecule has 0 unspecified atom stereocenters. The third-order valence-electron chi connectivity index (χ3n) is 3.75. The van der Waals surface area contributed by atoms with Crippen molar-refractivity contribution in [1.29, 1.82) is 0 Å². The SMILES string of the molecule is CCOC(=O)COCC(=O)Oc1c(-c2ccccc2)oc2ccccc2c1=O. The summed E-state index contributed by atoms with van der Waals surface area (Å²) >= 11 is 0. The van der Waals surface area contributed by atoms with E-state index in [1.807, 2.05) is 6.07 Å². The molecule has 0 bridgehead atoms. The second-order valence-electron chi connectivity index (χ2n) is 5.72. The van der Waals surface area contributed by atoms with E-state index in [0.29, 0.717) is 11.1 Å².